The molecule has 1 aromatic carbocycles. The number of nitrogens with one attached hydrogen (secondary N) is 1. The summed E-state index contributed by atoms with van der Waals surface area (Å²) >= 11 is 0. The van der Waals surface area contributed by atoms with Gasteiger partial charge in [0.1, 0.15) is 0 Å². The minimum Gasteiger partial charge on any atom is -0.478 e. The molecule has 0 unspecified atom stereocenters. The van der Waals surface area contributed by atoms with Gasteiger partial charge in [0, 0.05) is 16.6 Å². The molecule has 0 bridgehead atoms. The van der Waals surface area contributed by atoms with Crippen molar-refractivity contribution in [2.45, 2.75) is 20.8 Å². The molecule has 0 fully saturated rings. The van der Waals surface area contributed by atoms with Gasteiger partial charge >= 0.3 is 5.97 Å². The van der Waals surface area contributed by atoms with E-state index in [1.807, 2.05) is 20.8 Å². The van der Waals surface area contributed by atoms with Crippen molar-refractivity contribution in [1.29, 1.82) is 0 Å². The SMILES string of the molecule is Cc1[nH]c2c(C)cc(C(=O)O)cc2c1C. The fourth-order valence-electron chi connectivity index (χ4n) is 1.86. The molecule has 0 saturated carbocycles. The lowest BCUT2D eigenvalue weighted by Gasteiger charge is -2.00. The van der Waals surface area contributed by atoms with Crippen LogP contribution in [0.25, 0.3) is 10.9 Å². The molecule has 3 heteroatoms. The molecular weight excluding hydrogens is 190 g/mol. The zero-order valence-electron chi connectivity index (χ0n) is 9.01. The van der Waals surface area contributed by atoms with E-state index in [0.717, 1.165) is 27.7 Å². The van der Waals surface area contributed by atoms with Gasteiger partial charge in [-0.05, 0) is 44.0 Å². The first-order chi connectivity index (χ1) is 7.00. The van der Waals surface area contributed by atoms with Gasteiger partial charge in [0.25, 0.3) is 0 Å². The van der Waals surface area contributed by atoms with E-state index in [1.54, 1.807) is 12.1 Å². The molecule has 0 atom stereocenters. The van der Waals surface area contributed by atoms with E-state index in [4.69, 9.17) is 5.11 Å². The number of carbonyl (C=O) groups is 1. The number of fused-ring (bicyclic) bond motifs is 1. The smallest absolute Gasteiger partial charge is 0.335 e. The van der Waals surface area contributed by atoms with E-state index in [1.165, 1.54) is 0 Å². The largest absolute Gasteiger partial charge is 0.478 e. The number of aromatic carboxylic acids is 1. The second kappa shape index (κ2) is 3.12. The molecule has 0 spiro atoms. The van der Waals surface area contributed by atoms with Crippen molar-refractivity contribution < 1.29 is 9.90 Å². The first kappa shape index (κ1) is 9.77. The molecule has 2 N–H and O–H groups in total. The minimum atomic E-state index is -0.877. The number of aromatic amines is 1. The van der Waals surface area contributed by atoms with Crippen LogP contribution in [0.3, 0.4) is 0 Å². The van der Waals surface area contributed by atoms with Gasteiger partial charge in [0.15, 0.2) is 0 Å². The molecule has 0 aliphatic rings. The third-order valence-electron chi connectivity index (χ3n) is 2.86. The summed E-state index contributed by atoms with van der Waals surface area (Å²) < 4.78 is 0. The number of aryl methyl sites for hydroxylation is 3. The zero-order valence-corrected chi connectivity index (χ0v) is 9.01. The molecule has 1 heterocycles. The normalized spacial score (nSPS) is 10.9. The van der Waals surface area contributed by atoms with Crippen molar-refractivity contribution >= 4 is 16.9 Å². The molecule has 1 aromatic heterocycles. The molecule has 3 nitrogen and oxygen atoms in total. The first-order valence-corrected chi connectivity index (χ1v) is 4.83. The molecular formula is C12H13NO2. The highest BCUT2D eigenvalue weighted by atomic mass is 16.4. The van der Waals surface area contributed by atoms with Crippen LogP contribution in [-0.2, 0) is 0 Å². The maximum Gasteiger partial charge on any atom is 0.335 e. The summed E-state index contributed by atoms with van der Waals surface area (Å²) in [7, 11) is 0. The Bertz CT molecular complexity index is 552. The first-order valence-electron chi connectivity index (χ1n) is 4.83. The molecule has 0 aliphatic carbocycles. The van der Waals surface area contributed by atoms with Crippen molar-refractivity contribution in [2.75, 3.05) is 0 Å². The van der Waals surface area contributed by atoms with Gasteiger partial charge in [0.2, 0.25) is 0 Å². The van der Waals surface area contributed by atoms with Gasteiger partial charge in [0.05, 0.1) is 5.56 Å². The van der Waals surface area contributed by atoms with E-state index in [-0.39, 0.29) is 0 Å². The van der Waals surface area contributed by atoms with Crippen LogP contribution >= 0.6 is 0 Å². The van der Waals surface area contributed by atoms with Crippen molar-refractivity contribution in [1.82, 2.24) is 4.98 Å². The second-order valence-electron chi connectivity index (χ2n) is 3.90. The van der Waals surface area contributed by atoms with Gasteiger partial charge in [-0.15, -0.1) is 0 Å². The van der Waals surface area contributed by atoms with Gasteiger partial charge in [-0.1, -0.05) is 0 Å². The fourth-order valence-corrected chi connectivity index (χ4v) is 1.86. The Balaban J connectivity index is 2.85. The summed E-state index contributed by atoms with van der Waals surface area (Å²) in [4.78, 5) is 14.2. The van der Waals surface area contributed by atoms with E-state index >= 15 is 0 Å². The molecule has 0 amide bonds. The maximum absolute atomic E-state index is 10.9. The molecule has 78 valence electrons. The Kier molecular flexibility index (Phi) is 2.03. The number of H-pyrrole nitrogens is 1. The zero-order chi connectivity index (χ0) is 11.2. The standard InChI is InChI=1S/C12H13NO2/c1-6-4-9(12(14)15)5-10-7(2)8(3)13-11(6)10/h4-5,13H,1-3H3,(H,14,15). The summed E-state index contributed by atoms with van der Waals surface area (Å²) in [6.07, 6.45) is 0. The molecule has 15 heavy (non-hydrogen) atoms. The fraction of sp³-hybridized carbons (Fsp3) is 0.250. The quantitative estimate of drug-likeness (QED) is 0.748. The summed E-state index contributed by atoms with van der Waals surface area (Å²) in [6, 6.07) is 3.42. The Morgan fingerprint density at radius 3 is 2.53 bits per heavy atom. The Hall–Kier alpha value is -1.77. The van der Waals surface area contributed by atoms with Crippen LogP contribution in [0.2, 0.25) is 0 Å². The molecule has 0 aliphatic heterocycles. The highest BCUT2D eigenvalue weighted by Crippen LogP contribution is 2.25. The number of benzene rings is 1. The third kappa shape index (κ3) is 1.40. The lowest BCUT2D eigenvalue weighted by Crippen LogP contribution is -1.96. The summed E-state index contributed by atoms with van der Waals surface area (Å²) in [5.41, 5.74) is 4.57. The summed E-state index contributed by atoms with van der Waals surface area (Å²) in [5.74, 6) is -0.877. The number of hydrogen-bond donors (Lipinski definition) is 2. The van der Waals surface area contributed by atoms with Crippen LogP contribution in [0.5, 0.6) is 0 Å². The molecule has 0 radical (unpaired) electrons. The van der Waals surface area contributed by atoms with Crippen LogP contribution < -0.4 is 0 Å². The number of rotatable bonds is 1. The van der Waals surface area contributed by atoms with Gasteiger partial charge in [-0.2, -0.15) is 0 Å². The van der Waals surface area contributed by atoms with Gasteiger partial charge < -0.3 is 10.1 Å². The summed E-state index contributed by atoms with van der Waals surface area (Å²) in [5, 5.41) is 9.96. The molecule has 2 rings (SSSR count). The molecule has 0 saturated heterocycles. The average molecular weight is 203 g/mol. The van der Waals surface area contributed by atoms with Crippen LogP contribution in [0.4, 0.5) is 0 Å². The second-order valence-corrected chi connectivity index (χ2v) is 3.90. The third-order valence-corrected chi connectivity index (χ3v) is 2.86. The number of hydrogen-bond acceptors (Lipinski definition) is 1. The van der Waals surface area contributed by atoms with Gasteiger partial charge in [-0.3, -0.25) is 0 Å². The monoisotopic (exact) mass is 203 g/mol. The topological polar surface area (TPSA) is 53.1 Å². The molecule has 2 aromatic rings. The average Bonchev–Trinajstić information content (AvgIpc) is 2.45. The maximum atomic E-state index is 10.9. The van der Waals surface area contributed by atoms with Crippen molar-refractivity contribution in [2.24, 2.45) is 0 Å². The number of carboxylic acid groups (broad SMARTS) is 1. The van der Waals surface area contributed by atoms with E-state index in [2.05, 4.69) is 4.98 Å². The van der Waals surface area contributed by atoms with Crippen molar-refractivity contribution in [3.8, 4) is 0 Å². The van der Waals surface area contributed by atoms with Crippen LogP contribution in [0, 0.1) is 20.8 Å². The Morgan fingerprint density at radius 2 is 1.93 bits per heavy atom. The minimum absolute atomic E-state index is 0.349. The Labute approximate surface area is 87.7 Å². The number of carboxylic acids is 1. The van der Waals surface area contributed by atoms with Crippen LogP contribution in [0.15, 0.2) is 12.1 Å². The highest BCUT2D eigenvalue weighted by molar-refractivity contribution is 5.96. The van der Waals surface area contributed by atoms with Crippen LogP contribution in [-0.4, -0.2) is 16.1 Å². The lowest BCUT2D eigenvalue weighted by atomic mass is 10.1. The Morgan fingerprint density at radius 1 is 1.27 bits per heavy atom. The predicted molar refractivity (Wildman–Crippen MR) is 59.5 cm³/mol. The highest BCUT2D eigenvalue weighted by Gasteiger charge is 2.11. The van der Waals surface area contributed by atoms with E-state index < -0.39 is 5.97 Å². The van der Waals surface area contributed by atoms with Crippen molar-refractivity contribution in [3.63, 3.8) is 0 Å². The van der Waals surface area contributed by atoms with Crippen molar-refractivity contribution in [3.05, 3.63) is 34.5 Å². The number of aromatic nitrogens is 1. The summed E-state index contributed by atoms with van der Waals surface area (Å²) in [6.45, 7) is 5.92. The van der Waals surface area contributed by atoms with E-state index in [0.29, 0.717) is 5.56 Å². The van der Waals surface area contributed by atoms with E-state index in [9.17, 15) is 4.79 Å². The van der Waals surface area contributed by atoms with Crippen LogP contribution in [0.1, 0.15) is 27.2 Å². The predicted octanol–water partition coefficient (Wildman–Crippen LogP) is 2.79. The lowest BCUT2D eigenvalue weighted by molar-refractivity contribution is 0.0697. The van der Waals surface area contributed by atoms with Gasteiger partial charge in [-0.25, -0.2) is 4.79 Å².